The number of nitrogens with zero attached hydrogens (tertiary/aromatic N) is 2. The molecule has 1 aromatic heterocycles. The summed E-state index contributed by atoms with van der Waals surface area (Å²) in [6.07, 6.45) is 0.923. The highest BCUT2D eigenvalue weighted by atomic mass is 32.1. The molecule has 0 unspecified atom stereocenters. The Bertz CT molecular complexity index is 219. The highest BCUT2D eigenvalue weighted by molar-refractivity contribution is 7.13. The van der Waals surface area contributed by atoms with Gasteiger partial charge in [-0.2, -0.15) is 0 Å². The van der Waals surface area contributed by atoms with E-state index in [2.05, 4.69) is 29.4 Å². The molecule has 0 saturated carbocycles. The van der Waals surface area contributed by atoms with Crippen LogP contribution in [0.4, 0.5) is 5.13 Å². The smallest absolute Gasteiger partial charge is 0.205 e. The van der Waals surface area contributed by atoms with Crippen molar-refractivity contribution < 1.29 is 0 Å². The number of nitrogens with two attached hydrogens (primary N) is 1. The Kier molecular flexibility index (Phi) is 2.99. The van der Waals surface area contributed by atoms with E-state index in [-0.39, 0.29) is 5.54 Å². The van der Waals surface area contributed by atoms with Crippen LogP contribution in [0.3, 0.4) is 0 Å². The van der Waals surface area contributed by atoms with Gasteiger partial charge in [-0.3, -0.25) is 0 Å². The fourth-order valence-electron chi connectivity index (χ4n) is 0.940. The molecule has 0 atom stereocenters. The first-order valence-electron chi connectivity index (χ1n) is 3.88. The molecule has 1 rings (SSSR count). The molecule has 0 aliphatic heterocycles. The van der Waals surface area contributed by atoms with Gasteiger partial charge in [0.15, 0.2) is 0 Å². The monoisotopic (exact) mass is 186 g/mol. The largest absolute Gasteiger partial charge is 0.355 e. The van der Waals surface area contributed by atoms with Crippen LogP contribution in [0.25, 0.3) is 0 Å². The average Bonchev–Trinajstić information content (AvgIpc) is 2.38. The number of hydrogen-bond donors (Lipinski definition) is 2. The highest BCUT2D eigenvalue weighted by Crippen LogP contribution is 2.17. The molecule has 1 heterocycles. The first kappa shape index (κ1) is 9.41. The minimum absolute atomic E-state index is 0.00822. The van der Waals surface area contributed by atoms with Crippen molar-refractivity contribution in [3.63, 3.8) is 0 Å². The molecule has 12 heavy (non-hydrogen) atoms. The van der Waals surface area contributed by atoms with Crippen LogP contribution in [0, 0.1) is 0 Å². The van der Waals surface area contributed by atoms with Gasteiger partial charge in [-0.1, -0.05) is 11.3 Å². The minimum atomic E-state index is 0.00822. The van der Waals surface area contributed by atoms with Crippen molar-refractivity contribution in [3.05, 3.63) is 5.51 Å². The van der Waals surface area contributed by atoms with Gasteiger partial charge in [0.2, 0.25) is 5.13 Å². The highest BCUT2D eigenvalue weighted by Gasteiger charge is 2.16. The predicted octanol–water partition coefficient (Wildman–Crippen LogP) is 1.08. The first-order chi connectivity index (χ1) is 5.64. The van der Waals surface area contributed by atoms with Crippen molar-refractivity contribution in [2.24, 2.45) is 5.73 Å². The van der Waals surface area contributed by atoms with Gasteiger partial charge in [0.05, 0.1) is 0 Å². The zero-order valence-corrected chi connectivity index (χ0v) is 8.19. The second-order valence-electron chi connectivity index (χ2n) is 3.29. The van der Waals surface area contributed by atoms with Crippen LogP contribution in [-0.4, -0.2) is 22.3 Å². The fraction of sp³-hybridized carbons (Fsp3) is 0.714. The second-order valence-corrected chi connectivity index (χ2v) is 4.12. The van der Waals surface area contributed by atoms with Crippen LogP contribution >= 0.6 is 11.3 Å². The molecular weight excluding hydrogens is 172 g/mol. The Labute approximate surface area is 76.2 Å². The lowest BCUT2D eigenvalue weighted by Gasteiger charge is -2.24. The van der Waals surface area contributed by atoms with Gasteiger partial charge in [0, 0.05) is 5.54 Å². The van der Waals surface area contributed by atoms with E-state index in [9.17, 15) is 0 Å². The minimum Gasteiger partial charge on any atom is -0.355 e. The lowest BCUT2D eigenvalue weighted by molar-refractivity contribution is 0.525. The summed E-state index contributed by atoms with van der Waals surface area (Å²) >= 11 is 1.50. The van der Waals surface area contributed by atoms with E-state index in [1.54, 1.807) is 5.51 Å². The van der Waals surface area contributed by atoms with Crippen LogP contribution in [0.2, 0.25) is 0 Å². The Morgan fingerprint density at radius 3 is 2.92 bits per heavy atom. The van der Waals surface area contributed by atoms with Crippen molar-refractivity contribution in [2.75, 3.05) is 11.9 Å². The molecule has 0 bridgehead atoms. The molecule has 0 aliphatic carbocycles. The molecule has 3 N–H and O–H groups in total. The van der Waals surface area contributed by atoms with Gasteiger partial charge in [0.1, 0.15) is 5.51 Å². The second kappa shape index (κ2) is 3.82. The first-order valence-corrected chi connectivity index (χ1v) is 4.76. The summed E-state index contributed by atoms with van der Waals surface area (Å²) in [4.78, 5) is 0. The van der Waals surface area contributed by atoms with E-state index in [0.717, 1.165) is 11.6 Å². The van der Waals surface area contributed by atoms with Gasteiger partial charge >= 0.3 is 0 Å². The summed E-state index contributed by atoms with van der Waals surface area (Å²) in [5.41, 5.74) is 7.19. The molecule has 0 spiro atoms. The van der Waals surface area contributed by atoms with Gasteiger partial charge in [-0.15, -0.1) is 10.2 Å². The van der Waals surface area contributed by atoms with E-state index >= 15 is 0 Å². The van der Waals surface area contributed by atoms with Gasteiger partial charge in [0.25, 0.3) is 0 Å². The lowest BCUT2D eigenvalue weighted by atomic mass is 10.0. The maximum Gasteiger partial charge on any atom is 0.205 e. The third kappa shape index (κ3) is 2.75. The Morgan fingerprint density at radius 2 is 2.42 bits per heavy atom. The molecule has 1 aromatic rings. The predicted molar refractivity (Wildman–Crippen MR) is 51.3 cm³/mol. The molecule has 0 aromatic carbocycles. The standard InChI is InChI=1S/C7H14N4S/c1-7(2,3-4-8)10-6-11-9-5-12-6/h5H,3-4,8H2,1-2H3,(H,10,11). The normalized spacial score (nSPS) is 11.6. The summed E-state index contributed by atoms with van der Waals surface area (Å²) in [7, 11) is 0. The van der Waals surface area contributed by atoms with Crippen LogP contribution in [0.1, 0.15) is 20.3 Å². The quantitative estimate of drug-likeness (QED) is 0.738. The molecule has 68 valence electrons. The number of anilines is 1. The topological polar surface area (TPSA) is 63.8 Å². The van der Waals surface area contributed by atoms with Crippen LogP contribution in [0.15, 0.2) is 5.51 Å². The summed E-state index contributed by atoms with van der Waals surface area (Å²) < 4.78 is 0. The van der Waals surface area contributed by atoms with E-state index in [4.69, 9.17) is 5.73 Å². The third-order valence-corrected chi connectivity index (χ3v) is 2.18. The van der Waals surface area contributed by atoms with Crippen molar-refractivity contribution in [3.8, 4) is 0 Å². The van der Waals surface area contributed by atoms with Crippen molar-refractivity contribution in [2.45, 2.75) is 25.8 Å². The fourth-order valence-corrected chi connectivity index (χ4v) is 1.56. The molecule has 0 fully saturated rings. The van der Waals surface area contributed by atoms with Crippen LogP contribution < -0.4 is 11.1 Å². The molecule has 0 radical (unpaired) electrons. The summed E-state index contributed by atoms with van der Waals surface area (Å²) in [5.74, 6) is 0. The molecule has 0 amide bonds. The summed E-state index contributed by atoms with van der Waals surface area (Å²) in [6.45, 7) is 4.88. The number of nitrogens with one attached hydrogen (secondary N) is 1. The molecule has 0 aliphatic rings. The Balaban J connectivity index is 2.50. The third-order valence-electron chi connectivity index (χ3n) is 1.57. The number of hydrogen-bond acceptors (Lipinski definition) is 5. The van der Waals surface area contributed by atoms with E-state index in [1.165, 1.54) is 11.3 Å². The van der Waals surface area contributed by atoms with E-state index < -0.39 is 0 Å². The molecular formula is C7H14N4S. The van der Waals surface area contributed by atoms with Gasteiger partial charge in [-0.05, 0) is 26.8 Å². The van der Waals surface area contributed by atoms with Crippen molar-refractivity contribution in [1.29, 1.82) is 0 Å². The Hall–Kier alpha value is -0.680. The van der Waals surface area contributed by atoms with Gasteiger partial charge < -0.3 is 11.1 Å². The average molecular weight is 186 g/mol. The number of rotatable bonds is 4. The van der Waals surface area contributed by atoms with E-state index in [1.807, 2.05) is 0 Å². The van der Waals surface area contributed by atoms with Gasteiger partial charge in [-0.25, -0.2) is 0 Å². The SMILES string of the molecule is CC(C)(CCN)Nc1nncs1. The summed E-state index contributed by atoms with van der Waals surface area (Å²) in [6, 6.07) is 0. The maximum absolute atomic E-state index is 5.47. The zero-order chi connectivity index (χ0) is 9.03. The maximum atomic E-state index is 5.47. The molecule has 0 saturated heterocycles. The van der Waals surface area contributed by atoms with Crippen LogP contribution in [0.5, 0.6) is 0 Å². The zero-order valence-electron chi connectivity index (χ0n) is 7.37. The molecule has 4 nitrogen and oxygen atoms in total. The van der Waals surface area contributed by atoms with Crippen LogP contribution in [-0.2, 0) is 0 Å². The van der Waals surface area contributed by atoms with E-state index in [0.29, 0.717) is 6.54 Å². The summed E-state index contributed by atoms with van der Waals surface area (Å²) in [5, 5.41) is 11.8. The van der Waals surface area contributed by atoms with Crippen molar-refractivity contribution >= 4 is 16.5 Å². The van der Waals surface area contributed by atoms with Crippen molar-refractivity contribution in [1.82, 2.24) is 10.2 Å². The molecule has 5 heteroatoms. The number of aromatic nitrogens is 2. The lowest BCUT2D eigenvalue weighted by Crippen LogP contribution is -2.33. The Morgan fingerprint density at radius 1 is 1.67 bits per heavy atom.